The molecule has 1 aliphatic heterocycles. The second-order valence-electron chi connectivity index (χ2n) is 6.68. The molecule has 0 spiro atoms. The fourth-order valence-electron chi connectivity index (χ4n) is 2.94. The molecule has 24 heavy (non-hydrogen) atoms. The average Bonchev–Trinajstić information content (AvgIpc) is 3.22. The van der Waals surface area contributed by atoms with E-state index < -0.39 is 0 Å². The third-order valence-corrected chi connectivity index (χ3v) is 5.37. The van der Waals surface area contributed by atoms with Gasteiger partial charge in [0.25, 0.3) is 0 Å². The van der Waals surface area contributed by atoms with Gasteiger partial charge in [0.2, 0.25) is 17.7 Å². The van der Waals surface area contributed by atoms with Gasteiger partial charge in [-0.1, -0.05) is 13.8 Å². The number of nitrogens with zero attached hydrogens (tertiary/aromatic N) is 4. The van der Waals surface area contributed by atoms with Gasteiger partial charge in [-0.05, 0) is 19.8 Å². The van der Waals surface area contributed by atoms with Crippen LogP contribution in [0.3, 0.4) is 0 Å². The highest BCUT2D eigenvalue weighted by Gasteiger charge is 2.26. The van der Waals surface area contributed by atoms with Crippen molar-refractivity contribution in [2.24, 2.45) is 0 Å². The minimum absolute atomic E-state index is 0.164. The normalized spacial score (nSPS) is 18.3. The lowest BCUT2D eigenvalue weighted by Gasteiger charge is -2.31. The standard InChI is InChI=1S/C17H24N4O2S/c1-11(2)16-20-19-14(23-16)6-7-15(22)21-8-4-5-13(10-21)17-18-9-12(3)24-17/h9,11,13H,4-8,10H2,1-3H3. The molecule has 7 heteroatoms. The molecular formula is C17H24N4O2S. The van der Waals surface area contributed by atoms with E-state index in [-0.39, 0.29) is 11.8 Å². The van der Waals surface area contributed by atoms with Crippen molar-refractivity contribution < 1.29 is 9.21 Å². The quantitative estimate of drug-likeness (QED) is 0.829. The Labute approximate surface area is 146 Å². The summed E-state index contributed by atoms with van der Waals surface area (Å²) in [6.07, 6.45) is 4.99. The molecular weight excluding hydrogens is 324 g/mol. The van der Waals surface area contributed by atoms with Gasteiger partial charge < -0.3 is 9.32 Å². The zero-order valence-electron chi connectivity index (χ0n) is 14.5. The summed E-state index contributed by atoms with van der Waals surface area (Å²) >= 11 is 1.74. The zero-order chi connectivity index (χ0) is 17.1. The molecule has 0 bridgehead atoms. The van der Waals surface area contributed by atoms with Crippen LogP contribution in [0, 0.1) is 6.92 Å². The van der Waals surface area contributed by atoms with Crippen molar-refractivity contribution >= 4 is 17.2 Å². The summed E-state index contributed by atoms with van der Waals surface area (Å²) in [6.45, 7) is 7.70. The van der Waals surface area contributed by atoms with Gasteiger partial charge in [0.05, 0.1) is 5.01 Å². The first-order valence-electron chi connectivity index (χ1n) is 8.55. The molecule has 0 N–H and O–H groups in total. The maximum Gasteiger partial charge on any atom is 0.223 e. The van der Waals surface area contributed by atoms with Crippen molar-refractivity contribution in [3.8, 4) is 0 Å². The summed E-state index contributed by atoms with van der Waals surface area (Å²) in [7, 11) is 0. The second kappa shape index (κ2) is 7.42. The van der Waals surface area contributed by atoms with E-state index in [9.17, 15) is 4.79 Å². The number of piperidine rings is 1. The minimum Gasteiger partial charge on any atom is -0.425 e. The fourth-order valence-corrected chi connectivity index (χ4v) is 3.84. The average molecular weight is 348 g/mol. The van der Waals surface area contributed by atoms with E-state index in [0.717, 1.165) is 30.9 Å². The first-order chi connectivity index (χ1) is 11.5. The zero-order valence-corrected chi connectivity index (χ0v) is 15.3. The molecule has 2 aromatic rings. The number of carbonyl (C=O) groups excluding carboxylic acids is 1. The summed E-state index contributed by atoms with van der Waals surface area (Å²) in [5.74, 6) is 1.94. The van der Waals surface area contributed by atoms with Crippen LogP contribution >= 0.6 is 11.3 Å². The van der Waals surface area contributed by atoms with Crippen LogP contribution in [0.1, 0.15) is 66.6 Å². The van der Waals surface area contributed by atoms with E-state index in [2.05, 4.69) is 22.1 Å². The first kappa shape index (κ1) is 17.1. The summed E-state index contributed by atoms with van der Waals surface area (Å²) in [5, 5.41) is 9.19. The Balaban J connectivity index is 1.54. The molecule has 3 rings (SSSR count). The smallest absolute Gasteiger partial charge is 0.223 e. The Morgan fingerprint density at radius 3 is 2.96 bits per heavy atom. The van der Waals surface area contributed by atoms with Gasteiger partial charge in [0.1, 0.15) is 0 Å². The van der Waals surface area contributed by atoms with Crippen LogP contribution in [0.5, 0.6) is 0 Å². The van der Waals surface area contributed by atoms with Crippen molar-refractivity contribution in [2.45, 2.75) is 58.3 Å². The van der Waals surface area contributed by atoms with E-state index in [1.165, 1.54) is 4.88 Å². The van der Waals surface area contributed by atoms with Crippen LogP contribution in [-0.2, 0) is 11.2 Å². The number of amides is 1. The molecule has 0 aliphatic carbocycles. The molecule has 1 saturated heterocycles. The lowest BCUT2D eigenvalue weighted by molar-refractivity contribution is -0.132. The number of hydrogen-bond donors (Lipinski definition) is 0. The predicted molar refractivity (Wildman–Crippen MR) is 92.1 cm³/mol. The van der Waals surface area contributed by atoms with Crippen LogP contribution in [0.4, 0.5) is 0 Å². The number of rotatable bonds is 5. The van der Waals surface area contributed by atoms with Gasteiger partial charge in [0.15, 0.2) is 0 Å². The number of hydrogen-bond acceptors (Lipinski definition) is 6. The van der Waals surface area contributed by atoms with Gasteiger partial charge in [-0.2, -0.15) is 0 Å². The highest BCUT2D eigenvalue weighted by atomic mass is 32.1. The minimum atomic E-state index is 0.164. The SMILES string of the molecule is Cc1cnc(C2CCCN(C(=O)CCc3nnc(C(C)C)o3)C2)s1. The predicted octanol–water partition coefficient (Wildman–Crippen LogP) is 3.30. The van der Waals surface area contributed by atoms with Gasteiger partial charge in [-0.15, -0.1) is 21.5 Å². The Morgan fingerprint density at radius 1 is 1.46 bits per heavy atom. The molecule has 6 nitrogen and oxygen atoms in total. The van der Waals surface area contributed by atoms with Crippen molar-refractivity contribution in [3.63, 3.8) is 0 Å². The number of aryl methyl sites for hydroxylation is 2. The third-order valence-electron chi connectivity index (χ3n) is 4.29. The monoisotopic (exact) mass is 348 g/mol. The van der Waals surface area contributed by atoms with Crippen molar-refractivity contribution in [1.29, 1.82) is 0 Å². The van der Waals surface area contributed by atoms with E-state index in [1.54, 1.807) is 11.3 Å². The maximum atomic E-state index is 12.5. The van der Waals surface area contributed by atoms with Crippen LogP contribution < -0.4 is 0 Å². The fraction of sp³-hybridized carbons (Fsp3) is 0.647. The van der Waals surface area contributed by atoms with Crippen LogP contribution in [-0.4, -0.2) is 39.1 Å². The van der Waals surface area contributed by atoms with Crippen LogP contribution in [0.25, 0.3) is 0 Å². The van der Waals surface area contributed by atoms with Crippen molar-refractivity contribution in [2.75, 3.05) is 13.1 Å². The topological polar surface area (TPSA) is 72.1 Å². The molecule has 0 aromatic carbocycles. The van der Waals surface area contributed by atoms with Crippen LogP contribution in [0.15, 0.2) is 10.6 Å². The Bertz CT molecular complexity index is 694. The molecule has 1 unspecified atom stereocenters. The van der Waals surface area contributed by atoms with E-state index in [1.807, 2.05) is 24.9 Å². The van der Waals surface area contributed by atoms with E-state index in [4.69, 9.17) is 4.42 Å². The third kappa shape index (κ3) is 4.01. The highest BCUT2D eigenvalue weighted by Crippen LogP contribution is 2.30. The summed E-state index contributed by atoms with van der Waals surface area (Å²) in [5.41, 5.74) is 0. The Morgan fingerprint density at radius 2 is 2.29 bits per heavy atom. The molecule has 2 aromatic heterocycles. The number of carbonyl (C=O) groups is 1. The molecule has 1 amide bonds. The first-order valence-corrected chi connectivity index (χ1v) is 9.37. The summed E-state index contributed by atoms with van der Waals surface area (Å²) in [4.78, 5) is 20.2. The molecule has 1 atom stereocenters. The van der Waals surface area contributed by atoms with E-state index in [0.29, 0.717) is 30.5 Å². The maximum absolute atomic E-state index is 12.5. The molecule has 130 valence electrons. The lowest BCUT2D eigenvalue weighted by atomic mass is 9.98. The summed E-state index contributed by atoms with van der Waals surface area (Å²) in [6, 6.07) is 0. The molecule has 1 aliphatic rings. The molecule has 3 heterocycles. The second-order valence-corrected chi connectivity index (χ2v) is 7.94. The highest BCUT2D eigenvalue weighted by molar-refractivity contribution is 7.11. The van der Waals surface area contributed by atoms with Crippen molar-refractivity contribution in [3.05, 3.63) is 27.9 Å². The largest absolute Gasteiger partial charge is 0.425 e. The Kier molecular flexibility index (Phi) is 5.28. The molecule has 0 radical (unpaired) electrons. The van der Waals surface area contributed by atoms with Crippen molar-refractivity contribution in [1.82, 2.24) is 20.1 Å². The van der Waals surface area contributed by atoms with E-state index >= 15 is 0 Å². The van der Waals surface area contributed by atoms with Gasteiger partial charge >= 0.3 is 0 Å². The van der Waals surface area contributed by atoms with Gasteiger partial charge in [0, 0.05) is 48.8 Å². The number of likely N-dealkylation sites (tertiary alicyclic amines) is 1. The Hall–Kier alpha value is -1.76. The number of aromatic nitrogens is 3. The summed E-state index contributed by atoms with van der Waals surface area (Å²) < 4.78 is 5.57. The van der Waals surface area contributed by atoms with Crippen LogP contribution in [0.2, 0.25) is 0 Å². The molecule has 1 fully saturated rings. The lowest BCUT2D eigenvalue weighted by Crippen LogP contribution is -2.39. The van der Waals surface area contributed by atoms with Gasteiger partial charge in [-0.3, -0.25) is 4.79 Å². The van der Waals surface area contributed by atoms with Gasteiger partial charge in [-0.25, -0.2) is 4.98 Å². The molecule has 0 saturated carbocycles. The number of thiazole rings is 1.